The Bertz CT molecular complexity index is 201. The number of urea groups is 1. The predicted molar refractivity (Wildman–Crippen MR) is 64.7 cm³/mol. The minimum atomic E-state index is -0.551. The molecule has 1 radical (unpaired) electrons. The number of hydrogen-bond donors (Lipinski definition) is 1. The van der Waals surface area contributed by atoms with Gasteiger partial charge in [0, 0.05) is 13.3 Å². The van der Waals surface area contributed by atoms with Crippen molar-refractivity contribution in [2.75, 3.05) is 20.3 Å². The minimum absolute atomic E-state index is 0.00792. The van der Waals surface area contributed by atoms with Crippen molar-refractivity contribution in [3.05, 3.63) is 0 Å². The number of carbonyl (C=O) groups excluding carboxylic acids is 1. The number of carbonyl (C=O) groups is 1. The normalized spacial score (nSPS) is 17.2. The Labute approximate surface area is 94.9 Å². The molecular weight excluding hydrogens is 207 g/mol. The molecule has 85 valence electrons. The summed E-state index contributed by atoms with van der Waals surface area (Å²) in [5.74, 6) is 0.598. The summed E-state index contributed by atoms with van der Waals surface area (Å²) >= 11 is 0. The average Bonchev–Trinajstić information content (AvgIpc) is 2.70. The van der Waals surface area contributed by atoms with Crippen molar-refractivity contribution in [3.8, 4) is 0 Å². The Morgan fingerprint density at radius 2 is 2.27 bits per heavy atom. The smallest absolute Gasteiger partial charge is 0.304 e. The molecule has 0 saturated heterocycles. The van der Waals surface area contributed by atoms with Gasteiger partial charge >= 0.3 is 6.03 Å². The van der Waals surface area contributed by atoms with Gasteiger partial charge in [-0.05, 0) is 12.9 Å². The van der Waals surface area contributed by atoms with Crippen LogP contribution >= 0.6 is 0 Å². The summed E-state index contributed by atoms with van der Waals surface area (Å²) < 4.78 is 5.00. The van der Waals surface area contributed by atoms with Gasteiger partial charge in [0.15, 0.2) is 9.76 Å². The molecule has 1 aliphatic carbocycles. The molecule has 0 aromatic carbocycles. The summed E-state index contributed by atoms with van der Waals surface area (Å²) in [6, 6.07) is -0.00792. The molecular formula is C9H20BN2O2Si. The van der Waals surface area contributed by atoms with Gasteiger partial charge in [-0.15, -0.1) is 0 Å². The molecule has 1 N–H and O–H groups in total. The van der Waals surface area contributed by atoms with E-state index in [1.54, 1.807) is 11.9 Å². The summed E-state index contributed by atoms with van der Waals surface area (Å²) in [5.41, 5.74) is 0. The summed E-state index contributed by atoms with van der Waals surface area (Å²) in [4.78, 5) is 13.2. The molecule has 6 heteroatoms. The fourth-order valence-corrected chi connectivity index (χ4v) is 2.40. The van der Waals surface area contributed by atoms with E-state index in [0.717, 1.165) is 0 Å². The molecule has 1 rings (SSSR count). The van der Waals surface area contributed by atoms with Crippen LogP contribution in [0.3, 0.4) is 0 Å². The Balaban J connectivity index is 2.14. The third kappa shape index (κ3) is 4.70. The topological polar surface area (TPSA) is 41.6 Å². The molecule has 2 amide bonds. The van der Waals surface area contributed by atoms with Gasteiger partial charge in [0.05, 0.1) is 0 Å². The standard InChI is InChI=1S/C9H20BN2O2Si/c1-12(9(13)11-7-15-14-2)10-8-5-3-4-6-8/h8H,3-7,15H2,1-2H3,(H,11,13). The van der Waals surface area contributed by atoms with Gasteiger partial charge < -0.3 is 14.6 Å². The highest BCUT2D eigenvalue weighted by Gasteiger charge is 2.21. The van der Waals surface area contributed by atoms with Crippen LogP contribution in [0.15, 0.2) is 0 Å². The Morgan fingerprint density at radius 3 is 2.87 bits per heavy atom. The Kier molecular flexibility index (Phi) is 5.79. The van der Waals surface area contributed by atoms with Gasteiger partial charge in [-0.1, -0.05) is 25.7 Å². The van der Waals surface area contributed by atoms with E-state index in [2.05, 4.69) is 12.7 Å². The lowest BCUT2D eigenvalue weighted by Gasteiger charge is -2.19. The van der Waals surface area contributed by atoms with Crippen LogP contribution in [0.4, 0.5) is 4.79 Å². The molecule has 0 heterocycles. The van der Waals surface area contributed by atoms with Crippen LogP contribution < -0.4 is 5.32 Å². The van der Waals surface area contributed by atoms with E-state index in [-0.39, 0.29) is 6.03 Å². The van der Waals surface area contributed by atoms with Gasteiger partial charge in [-0.2, -0.15) is 0 Å². The Morgan fingerprint density at radius 1 is 1.60 bits per heavy atom. The van der Waals surface area contributed by atoms with Crippen LogP contribution in [0.2, 0.25) is 5.82 Å². The summed E-state index contributed by atoms with van der Waals surface area (Å²) in [6.45, 7) is 0. The zero-order valence-electron chi connectivity index (χ0n) is 9.66. The molecule has 1 aliphatic rings. The number of amides is 2. The first-order chi connectivity index (χ1) is 7.24. The lowest BCUT2D eigenvalue weighted by Crippen LogP contribution is -2.42. The van der Waals surface area contributed by atoms with Crippen LogP contribution in [0, 0.1) is 0 Å². The van der Waals surface area contributed by atoms with Gasteiger partial charge in [-0.25, -0.2) is 0 Å². The maximum absolute atomic E-state index is 11.6. The number of rotatable bonds is 5. The van der Waals surface area contributed by atoms with Crippen LogP contribution in [-0.2, 0) is 4.43 Å². The Hall–Kier alpha value is -0.488. The van der Waals surface area contributed by atoms with Gasteiger partial charge in [-0.3, -0.25) is 4.79 Å². The largest absolute Gasteiger partial charge is 0.425 e. The average molecular weight is 227 g/mol. The van der Waals surface area contributed by atoms with Crippen LogP contribution in [0.5, 0.6) is 0 Å². The van der Waals surface area contributed by atoms with Crippen LogP contribution in [0.1, 0.15) is 25.7 Å². The highest BCUT2D eigenvalue weighted by Crippen LogP contribution is 2.29. The SMILES string of the molecule is CO[SiH2]CNC(=O)N(C)[B]C1CCCC1. The maximum atomic E-state index is 11.6. The van der Waals surface area contributed by atoms with Gasteiger partial charge in [0.25, 0.3) is 7.41 Å². The summed E-state index contributed by atoms with van der Waals surface area (Å²) in [5, 5.41) is 2.85. The van der Waals surface area contributed by atoms with E-state index in [9.17, 15) is 4.79 Å². The van der Waals surface area contributed by atoms with Crippen molar-refractivity contribution in [3.63, 3.8) is 0 Å². The highest BCUT2D eigenvalue weighted by molar-refractivity contribution is 6.38. The molecule has 1 saturated carbocycles. The number of nitrogens with one attached hydrogen (secondary N) is 1. The van der Waals surface area contributed by atoms with E-state index in [1.165, 1.54) is 25.7 Å². The van der Waals surface area contributed by atoms with E-state index >= 15 is 0 Å². The molecule has 0 unspecified atom stereocenters. The first kappa shape index (κ1) is 12.6. The van der Waals surface area contributed by atoms with Gasteiger partial charge in [0.1, 0.15) is 0 Å². The van der Waals surface area contributed by atoms with E-state index in [4.69, 9.17) is 4.43 Å². The lowest BCUT2D eigenvalue weighted by atomic mass is 9.73. The third-order valence-corrected chi connectivity index (χ3v) is 3.60. The number of nitrogens with zero attached hydrogens (tertiary/aromatic N) is 1. The predicted octanol–water partition coefficient (Wildman–Crippen LogP) is 0.297. The highest BCUT2D eigenvalue weighted by atomic mass is 28.2. The van der Waals surface area contributed by atoms with Crippen molar-refractivity contribution in [1.82, 2.24) is 10.1 Å². The molecule has 0 aliphatic heterocycles. The van der Waals surface area contributed by atoms with Crippen molar-refractivity contribution < 1.29 is 9.22 Å². The van der Waals surface area contributed by atoms with Crippen LogP contribution in [0.25, 0.3) is 0 Å². The summed E-state index contributed by atoms with van der Waals surface area (Å²) in [6.07, 6.45) is 5.76. The molecule has 15 heavy (non-hydrogen) atoms. The zero-order chi connectivity index (χ0) is 11.1. The fourth-order valence-electron chi connectivity index (χ4n) is 1.88. The molecule has 4 nitrogen and oxygen atoms in total. The molecule has 0 bridgehead atoms. The second-order valence-corrected chi connectivity index (χ2v) is 5.51. The monoisotopic (exact) mass is 227 g/mol. The maximum Gasteiger partial charge on any atom is 0.304 e. The second-order valence-electron chi connectivity index (χ2n) is 4.03. The minimum Gasteiger partial charge on any atom is -0.425 e. The molecule has 1 fully saturated rings. The quantitative estimate of drug-likeness (QED) is 0.542. The van der Waals surface area contributed by atoms with Gasteiger partial charge in [0.2, 0.25) is 0 Å². The second kappa shape index (κ2) is 6.90. The molecule has 0 aromatic rings. The fraction of sp³-hybridized carbons (Fsp3) is 0.889. The van der Waals surface area contributed by atoms with Crippen molar-refractivity contribution >= 4 is 23.2 Å². The van der Waals surface area contributed by atoms with E-state index in [1.807, 2.05) is 7.05 Å². The van der Waals surface area contributed by atoms with E-state index < -0.39 is 9.76 Å². The molecule has 0 aromatic heterocycles. The number of hydrogen-bond acceptors (Lipinski definition) is 2. The van der Waals surface area contributed by atoms with Crippen molar-refractivity contribution in [1.29, 1.82) is 0 Å². The van der Waals surface area contributed by atoms with Crippen molar-refractivity contribution in [2.45, 2.75) is 31.5 Å². The summed E-state index contributed by atoms with van der Waals surface area (Å²) in [7, 11) is 5.01. The zero-order valence-corrected chi connectivity index (χ0v) is 11.1. The molecule has 0 spiro atoms. The van der Waals surface area contributed by atoms with E-state index in [0.29, 0.717) is 12.0 Å². The molecule has 0 atom stereocenters. The van der Waals surface area contributed by atoms with Crippen molar-refractivity contribution in [2.24, 2.45) is 0 Å². The van der Waals surface area contributed by atoms with Crippen LogP contribution in [-0.4, -0.2) is 48.3 Å². The lowest BCUT2D eigenvalue weighted by molar-refractivity contribution is 0.229. The first-order valence-electron chi connectivity index (χ1n) is 5.58. The third-order valence-electron chi connectivity index (χ3n) is 2.74. The first-order valence-corrected chi connectivity index (χ1v) is 7.16.